The van der Waals surface area contributed by atoms with Gasteiger partial charge in [0.05, 0.1) is 37.5 Å². The number of amides is 2. The fourth-order valence-electron chi connectivity index (χ4n) is 5.11. The number of fused-ring (bicyclic) bond motifs is 2. The summed E-state index contributed by atoms with van der Waals surface area (Å²) in [5.74, 6) is -0.738. The summed E-state index contributed by atoms with van der Waals surface area (Å²) in [6, 6.07) is 10.6. The average Bonchev–Trinajstić information content (AvgIpc) is 3.63. The summed E-state index contributed by atoms with van der Waals surface area (Å²) < 4.78 is 16.3. The maximum atomic E-state index is 13.5. The van der Waals surface area contributed by atoms with E-state index in [1.807, 2.05) is 0 Å². The Bertz CT molecular complexity index is 1290. The number of carbonyl (C=O) groups excluding carboxylic acids is 2. The van der Waals surface area contributed by atoms with Gasteiger partial charge in [0.25, 0.3) is 5.91 Å². The Morgan fingerprint density at radius 2 is 2.05 bits per heavy atom. The van der Waals surface area contributed by atoms with Crippen LogP contribution in [0.2, 0.25) is 0 Å². The molecule has 0 saturated heterocycles. The van der Waals surface area contributed by atoms with Gasteiger partial charge in [0.2, 0.25) is 5.91 Å². The molecule has 2 unspecified atom stereocenters. The largest absolute Gasteiger partial charge is 0.496 e. The molecule has 1 fully saturated rings. The van der Waals surface area contributed by atoms with Crippen LogP contribution in [0.5, 0.6) is 11.5 Å². The Morgan fingerprint density at radius 1 is 1.24 bits per heavy atom. The number of carboxylic acids is 1. The van der Waals surface area contributed by atoms with Crippen LogP contribution in [-0.4, -0.2) is 56.9 Å². The molecule has 3 N–H and O–H groups in total. The molecule has 0 radical (unpaired) electrons. The summed E-state index contributed by atoms with van der Waals surface area (Å²) in [6.45, 7) is 1.15. The molecular weight excluding hydrogens is 490 g/mol. The molecule has 0 aromatic heterocycles. The Kier molecular flexibility index (Phi) is 8.17. The lowest BCUT2D eigenvalue weighted by Gasteiger charge is -2.28. The van der Waals surface area contributed by atoms with Crippen molar-refractivity contribution in [2.24, 2.45) is 5.92 Å². The SMILES string of the molecule is COCCNC(=O)c1cc2c(cc1OC)OCCC21CC1C(=O)Nc1cc(C#N)ccc1CCCC(=O)O. The third-order valence-corrected chi connectivity index (χ3v) is 7.21. The number of carbonyl (C=O) groups is 3. The van der Waals surface area contributed by atoms with Crippen LogP contribution in [-0.2, 0) is 26.2 Å². The van der Waals surface area contributed by atoms with Crippen molar-refractivity contribution in [1.29, 1.82) is 5.26 Å². The van der Waals surface area contributed by atoms with Crippen LogP contribution in [0.3, 0.4) is 0 Å². The summed E-state index contributed by atoms with van der Waals surface area (Å²) in [4.78, 5) is 37.3. The lowest BCUT2D eigenvalue weighted by Crippen LogP contribution is -2.30. The number of anilines is 1. The zero-order valence-corrected chi connectivity index (χ0v) is 21.5. The standard InChI is InChI=1S/C28H31N3O7/c1-36-11-9-30-26(34)19-13-20-24(14-23(19)37-2)38-10-8-28(20)15-21(28)27(35)31-22-12-17(16-29)6-7-18(22)4-3-5-25(32)33/h6-7,12-14,21H,3-5,8-11,15H2,1-2H3,(H,30,34)(H,31,35)(H,32,33). The molecule has 200 valence electrons. The van der Waals surface area contributed by atoms with E-state index in [0.29, 0.717) is 73.8 Å². The molecule has 1 heterocycles. The number of rotatable bonds is 11. The summed E-state index contributed by atoms with van der Waals surface area (Å²) >= 11 is 0. The predicted molar refractivity (Wildman–Crippen MR) is 137 cm³/mol. The molecule has 1 spiro atoms. The molecule has 2 aromatic rings. The molecule has 2 amide bonds. The topological polar surface area (TPSA) is 147 Å². The van der Waals surface area contributed by atoms with Crippen molar-refractivity contribution in [3.8, 4) is 17.6 Å². The first-order valence-corrected chi connectivity index (χ1v) is 12.5. The zero-order chi connectivity index (χ0) is 27.3. The number of benzene rings is 2. The summed E-state index contributed by atoms with van der Waals surface area (Å²) in [6.07, 6.45) is 2.11. The van der Waals surface area contributed by atoms with Crippen molar-refractivity contribution in [1.82, 2.24) is 5.32 Å². The average molecular weight is 522 g/mol. The van der Waals surface area contributed by atoms with E-state index in [9.17, 15) is 19.6 Å². The van der Waals surface area contributed by atoms with Gasteiger partial charge in [-0.2, -0.15) is 5.26 Å². The fraction of sp³-hybridized carbons (Fsp3) is 0.429. The second-order valence-electron chi connectivity index (χ2n) is 9.53. The van der Waals surface area contributed by atoms with E-state index in [0.717, 1.165) is 11.1 Å². The first kappa shape index (κ1) is 26.9. The number of aryl methyl sites for hydroxylation is 1. The number of hydrogen-bond acceptors (Lipinski definition) is 7. The quantitative estimate of drug-likeness (QED) is 0.382. The highest BCUT2D eigenvalue weighted by atomic mass is 16.5. The first-order chi connectivity index (χ1) is 18.3. The third kappa shape index (κ3) is 5.58. The van der Waals surface area contributed by atoms with Crippen LogP contribution >= 0.6 is 0 Å². The van der Waals surface area contributed by atoms with Crippen LogP contribution in [0.25, 0.3) is 0 Å². The highest BCUT2D eigenvalue weighted by molar-refractivity contribution is 5.99. The van der Waals surface area contributed by atoms with E-state index in [-0.39, 0.29) is 24.2 Å². The number of nitrogens with zero attached hydrogens (tertiary/aromatic N) is 1. The predicted octanol–water partition coefficient (Wildman–Crippen LogP) is 3.03. The van der Waals surface area contributed by atoms with Gasteiger partial charge in [0.1, 0.15) is 11.5 Å². The van der Waals surface area contributed by atoms with E-state index in [4.69, 9.17) is 19.3 Å². The number of ether oxygens (including phenoxy) is 3. The van der Waals surface area contributed by atoms with E-state index >= 15 is 0 Å². The van der Waals surface area contributed by atoms with Crippen LogP contribution < -0.4 is 20.1 Å². The maximum absolute atomic E-state index is 13.5. The smallest absolute Gasteiger partial charge is 0.303 e. The van der Waals surface area contributed by atoms with E-state index in [1.165, 1.54) is 7.11 Å². The second-order valence-corrected chi connectivity index (χ2v) is 9.53. The number of carboxylic acid groups (broad SMARTS) is 1. The second kappa shape index (κ2) is 11.5. The molecule has 0 bridgehead atoms. The molecule has 2 atom stereocenters. The minimum atomic E-state index is -0.884. The number of nitriles is 1. The molecule has 38 heavy (non-hydrogen) atoms. The van der Waals surface area contributed by atoms with Gasteiger partial charge >= 0.3 is 5.97 Å². The van der Waals surface area contributed by atoms with E-state index < -0.39 is 11.4 Å². The number of hydrogen-bond donors (Lipinski definition) is 3. The van der Waals surface area contributed by atoms with E-state index in [2.05, 4.69) is 16.7 Å². The summed E-state index contributed by atoms with van der Waals surface area (Å²) in [5, 5.41) is 24.1. The van der Waals surface area contributed by atoms with Crippen molar-refractivity contribution in [2.45, 2.75) is 37.5 Å². The molecular formula is C28H31N3O7. The summed E-state index contributed by atoms with van der Waals surface area (Å²) in [7, 11) is 3.05. The zero-order valence-electron chi connectivity index (χ0n) is 21.5. The van der Waals surface area contributed by atoms with Gasteiger partial charge in [0, 0.05) is 48.7 Å². The molecule has 10 heteroatoms. The van der Waals surface area contributed by atoms with Gasteiger partial charge in [-0.1, -0.05) is 6.07 Å². The van der Waals surface area contributed by atoms with Gasteiger partial charge in [-0.25, -0.2) is 0 Å². The molecule has 1 saturated carbocycles. The van der Waals surface area contributed by atoms with Crippen LogP contribution in [0.4, 0.5) is 5.69 Å². The Labute approximate surface area is 220 Å². The Balaban J connectivity index is 1.57. The molecule has 2 aromatic carbocycles. The molecule has 2 aliphatic rings. The van der Waals surface area contributed by atoms with Gasteiger partial charge in [-0.15, -0.1) is 0 Å². The number of aliphatic carboxylic acids is 1. The highest BCUT2D eigenvalue weighted by Gasteiger charge is 2.61. The van der Waals surface area contributed by atoms with Gasteiger partial charge < -0.3 is 30.0 Å². The summed E-state index contributed by atoms with van der Waals surface area (Å²) in [5.41, 5.74) is 2.39. The molecule has 1 aliphatic heterocycles. The maximum Gasteiger partial charge on any atom is 0.303 e. The fourth-order valence-corrected chi connectivity index (χ4v) is 5.11. The van der Waals surface area contributed by atoms with Crippen LogP contribution in [0.1, 0.15) is 52.7 Å². The van der Waals surface area contributed by atoms with Gasteiger partial charge in [-0.3, -0.25) is 14.4 Å². The third-order valence-electron chi connectivity index (χ3n) is 7.21. The van der Waals surface area contributed by atoms with Gasteiger partial charge in [0.15, 0.2) is 0 Å². The minimum absolute atomic E-state index is 0.0146. The highest BCUT2D eigenvalue weighted by Crippen LogP contribution is 2.61. The molecule has 1 aliphatic carbocycles. The molecule has 4 rings (SSSR count). The van der Waals surface area contributed by atoms with Crippen molar-refractivity contribution in [2.75, 3.05) is 39.3 Å². The Morgan fingerprint density at radius 3 is 2.76 bits per heavy atom. The lowest BCUT2D eigenvalue weighted by molar-refractivity contribution is -0.137. The Hall–Kier alpha value is -4.10. The van der Waals surface area contributed by atoms with Crippen molar-refractivity contribution in [3.63, 3.8) is 0 Å². The number of methoxy groups -OCH3 is 2. The van der Waals surface area contributed by atoms with Crippen LogP contribution in [0, 0.1) is 17.2 Å². The number of nitrogens with one attached hydrogen (secondary N) is 2. The van der Waals surface area contributed by atoms with Crippen LogP contribution in [0.15, 0.2) is 30.3 Å². The lowest BCUT2D eigenvalue weighted by atomic mass is 9.85. The van der Waals surface area contributed by atoms with Crippen molar-refractivity contribution >= 4 is 23.5 Å². The molecule has 10 nitrogen and oxygen atoms in total. The normalized spacial score (nSPS) is 19.0. The first-order valence-electron chi connectivity index (χ1n) is 12.5. The van der Waals surface area contributed by atoms with E-state index in [1.54, 1.807) is 37.4 Å². The van der Waals surface area contributed by atoms with Gasteiger partial charge in [-0.05, 0) is 49.4 Å². The van der Waals surface area contributed by atoms with Crippen molar-refractivity contribution < 1.29 is 33.7 Å². The monoisotopic (exact) mass is 521 g/mol. The minimum Gasteiger partial charge on any atom is -0.496 e. The van der Waals surface area contributed by atoms with Crippen molar-refractivity contribution in [3.05, 3.63) is 52.6 Å².